The van der Waals surface area contributed by atoms with E-state index in [9.17, 15) is 4.79 Å². The molecule has 1 rings (SSSR count). The normalized spacial score (nSPS) is 10.2. The molecule has 0 aliphatic rings. The lowest BCUT2D eigenvalue weighted by Gasteiger charge is -2.22. The number of carbonyl (C=O) groups excluding carboxylic acids is 1. The lowest BCUT2D eigenvalue weighted by molar-refractivity contribution is 0.187. The lowest BCUT2D eigenvalue weighted by Crippen LogP contribution is -2.37. The summed E-state index contributed by atoms with van der Waals surface area (Å²) in [6.45, 7) is 3.02. The van der Waals surface area contributed by atoms with Crippen molar-refractivity contribution >= 4 is 17.5 Å². The molecule has 1 aromatic heterocycles. The zero-order valence-corrected chi connectivity index (χ0v) is 12.5. The number of aliphatic hydroxyl groups excluding tert-OH is 1. The van der Waals surface area contributed by atoms with Crippen LogP contribution >= 0.6 is 0 Å². The maximum Gasteiger partial charge on any atom is 0.321 e. The maximum atomic E-state index is 12.1. The van der Waals surface area contributed by atoms with E-state index in [2.05, 4.69) is 17.2 Å². The van der Waals surface area contributed by atoms with E-state index in [0.29, 0.717) is 18.8 Å². The molecule has 0 spiro atoms. The van der Waals surface area contributed by atoms with E-state index in [1.807, 2.05) is 31.1 Å². The summed E-state index contributed by atoms with van der Waals surface area (Å²) in [4.78, 5) is 19.8. The van der Waals surface area contributed by atoms with Gasteiger partial charge in [-0.05, 0) is 18.6 Å². The molecule has 0 fully saturated rings. The molecule has 0 aliphatic heterocycles. The number of hydrogen-bond donors (Lipinski definition) is 2. The molecule has 0 aliphatic carbocycles. The van der Waals surface area contributed by atoms with E-state index in [-0.39, 0.29) is 12.6 Å². The van der Waals surface area contributed by atoms with Crippen LogP contribution in [0, 0.1) is 0 Å². The van der Waals surface area contributed by atoms with Crippen molar-refractivity contribution in [3.8, 4) is 0 Å². The lowest BCUT2D eigenvalue weighted by atomic mass is 10.3. The molecule has 20 heavy (non-hydrogen) atoms. The second-order valence-electron chi connectivity index (χ2n) is 4.79. The van der Waals surface area contributed by atoms with Gasteiger partial charge in [0.25, 0.3) is 0 Å². The predicted molar refractivity (Wildman–Crippen MR) is 81.1 cm³/mol. The van der Waals surface area contributed by atoms with Gasteiger partial charge >= 0.3 is 6.03 Å². The van der Waals surface area contributed by atoms with Gasteiger partial charge in [0.1, 0.15) is 5.82 Å². The third-order valence-electron chi connectivity index (χ3n) is 2.90. The molecule has 0 aromatic carbocycles. The second-order valence-corrected chi connectivity index (χ2v) is 4.79. The number of anilines is 2. The number of unbranched alkanes of at least 4 members (excludes halogenated alkanes) is 1. The van der Waals surface area contributed by atoms with E-state index in [1.54, 1.807) is 11.1 Å². The van der Waals surface area contributed by atoms with Gasteiger partial charge < -0.3 is 20.2 Å². The Kier molecular flexibility index (Phi) is 6.79. The smallest absolute Gasteiger partial charge is 0.321 e. The molecule has 2 amide bonds. The second kappa shape index (κ2) is 8.37. The van der Waals surface area contributed by atoms with E-state index in [1.165, 1.54) is 0 Å². The number of carbonyl (C=O) groups is 1. The highest BCUT2D eigenvalue weighted by Gasteiger charge is 2.12. The zero-order valence-electron chi connectivity index (χ0n) is 12.5. The number of nitrogens with zero attached hydrogens (tertiary/aromatic N) is 3. The van der Waals surface area contributed by atoms with Crippen molar-refractivity contribution in [3.05, 3.63) is 18.3 Å². The highest BCUT2D eigenvalue weighted by Crippen LogP contribution is 2.12. The predicted octanol–water partition coefficient (Wildman–Crippen LogP) is 1.77. The standard InChI is InChI=1S/C14H24N4O2/c1-4-5-8-18(9-10-19)14(20)16-12-6-7-13(15-11-12)17(2)3/h6-7,11,19H,4-5,8-10H2,1-3H3,(H,16,20). The Morgan fingerprint density at radius 3 is 2.60 bits per heavy atom. The van der Waals surface area contributed by atoms with Gasteiger partial charge in [-0.3, -0.25) is 0 Å². The number of aliphatic hydroxyl groups is 1. The van der Waals surface area contributed by atoms with Gasteiger partial charge in [0.2, 0.25) is 0 Å². The molecule has 0 saturated carbocycles. The Morgan fingerprint density at radius 2 is 2.10 bits per heavy atom. The summed E-state index contributed by atoms with van der Waals surface area (Å²) >= 11 is 0. The Hall–Kier alpha value is -1.82. The fourth-order valence-corrected chi connectivity index (χ4v) is 1.71. The van der Waals surface area contributed by atoms with Crippen molar-refractivity contribution in [2.75, 3.05) is 44.0 Å². The summed E-state index contributed by atoms with van der Waals surface area (Å²) in [7, 11) is 3.82. The van der Waals surface area contributed by atoms with E-state index in [0.717, 1.165) is 18.7 Å². The summed E-state index contributed by atoms with van der Waals surface area (Å²) in [5.74, 6) is 0.834. The first-order valence-corrected chi connectivity index (χ1v) is 6.88. The summed E-state index contributed by atoms with van der Waals surface area (Å²) in [5, 5.41) is 11.8. The Labute approximate surface area is 120 Å². The monoisotopic (exact) mass is 280 g/mol. The van der Waals surface area contributed by atoms with Gasteiger partial charge in [-0.1, -0.05) is 13.3 Å². The molecule has 2 N–H and O–H groups in total. The Morgan fingerprint density at radius 1 is 1.35 bits per heavy atom. The van der Waals surface area contributed by atoms with Gasteiger partial charge in [-0.2, -0.15) is 0 Å². The van der Waals surface area contributed by atoms with Crippen molar-refractivity contribution in [2.24, 2.45) is 0 Å². The van der Waals surface area contributed by atoms with Crippen molar-refractivity contribution in [1.82, 2.24) is 9.88 Å². The molecule has 1 aromatic rings. The summed E-state index contributed by atoms with van der Waals surface area (Å²) < 4.78 is 0. The van der Waals surface area contributed by atoms with E-state index in [4.69, 9.17) is 5.11 Å². The van der Waals surface area contributed by atoms with Crippen LogP contribution in [0.5, 0.6) is 0 Å². The summed E-state index contributed by atoms with van der Waals surface area (Å²) in [5.41, 5.74) is 0.653. The maximum absolute atomic E-state index is 12.1. The number of hydrogen-bond acceptors (Lipinski definition) is 4. The molecule has 0 saturated heterocycles. The van der Waals surface area contributed by atoms with Crippen LogP contribution in [0.2, 0.25) is 0 Å². The minimum absolute atomic E-state index is 0.0328. The fourth-order valence-electron chi connectivity index (χ4n) is 1.71. The van der Waals surface area contributed by atoms with Crippen LogP contribution in [0.1, 0.15) is 19.8 Å². The average Bonchev–Trinajstić information content (AvgIpc) is 2.43. The number of amides is 2. The zero-order chi connectivity index (χ0) is 15.0. The third kappa shape index (κ3) is 5.05. The molecular weight excluding hydrogens is 256 g/mol. The number of pyridine rings is 1. The van der Waals surface area contributed by atoms with Crippen molar-refractivity contribution in [1.29, 1.82) is 0 Å². The van der Waals surface area contributed by atoms with Crippen LogP contribution < -0.4 is 10.2 Å². The molecule has 0 unspecified atom stereocenters. The Bertz CT molecular complexity index is 406. The van der Waals surface area contributed by atoms with Gasteiger partial charge in [-0.25, -0.2) is 9.78 Å². The topological polar surface area (TPSA) is 68.7 Å². The highest BCUT2D eigenvalue weighted by atomic mass is 16.3. The van der Waals surface area contributed by atoms with Crippen LogP contribution in [0.15, 0.2) is 18.3 Å². The van der Waals surface area contributed by atoms with Crippen LogP contribution in [-0.4, -0.2) is 54.8 Å². The first kappa shape index (κ1) is 16.2. The van der Waals surface area contributed by atoms with Crippen LogP contribution in [0.25, 0.3) is 0 Å². The quantitative estimate of drug-likeness (QED) is 0.799. The van der Waals surface area contributed by atoms with E-state index >= 15 is 0 Å². The van der Waals surface area contributed by atoms with Crippen molar-refractivity contribution in [2.45, 2.75) is 19.8 Å². The molecule has 6 nitrogen and oxygen atoms in total. The molecule has 0 atom stereocenters. The first-order chi connectivity index (χ1) is 9.58. The number of nitrogens with one attached hydrogen (secondary N) is 1. The average molecular weight is 280 g/mol. The summed E-state index contributed by atoms with van der Waals surface area (Å²) in [6.07, 6.45) is 3.56. The summed E-state index contributed by atoms with van der Waals surface area (Å²) in [6, 6.07) is 3.46. The van der Waals surface area contributed by atoms with E-state index < -0.39 is 0 Å². The highest BCUT2D eigenvalue weighted by molar-refractivity contribution is 5.89. The van der Waals surface area contributed by atoms with Crippen LogP contribution in [-0.2, 0) is 0 Å². The molecule has 0 radical (unpaired) electrons. The van der Waals surface area contributed by atoms with Crippen molar-refractivity contribution < 1.29 is 9.90 Å². The molecule has 112 valence electrons. The van der Waals surface area contributed by atoms with Gasteiger partial charge in [-0.15, -0.1) is 0 Å². The van der Waals surface area contributed by atoms with Crippen LogP contribution in [0.3, 0.4) is 0 Å². The largest absolute Gasteiger partial charge is 0.395 e. The minimum Gasteiger partial charge on any atom is -0.395 e. The molecular formula is C14H24N4O2. The van der Waals surface area contributed by atoms with Gasteiger partial charge in [0.05, 0.1) is 18.5 Å². The molecule has 6 heteroatoms. The fraction of sp³-hybridized carbons (Fsp3) is 0.571. The van der Waals surface area contributed by atoms with Crippen LogP contribution in [0.4, 0.5) is 16.3 Å². The Balaban J connectivity index is 2.62. The molecule has 1 heterocycles. The first-order valence-electron chi connectivity index (χ1n) is 6.88. The van der Waals surface area contributed by atoms with Gasteiger partial charge in [0.15, 0.2) is 0 Å². The SMILES string of the molecule is CCCCN(CCO)C(=O)Nc1ccc(N(C)C)nc1. The number of urea groups is 1. The number of aromatic nitrogens is 1. The number of rotatable bonds is 7. The van der Waals surface area contributed by atoms with Crippen molar-refractivity contribution in [3.63, 3.8) is 0 Å². The van der Waals surface area contributed by atoms with Gasteiger partial charge in [0, 0.05) is 27.2 Å². The minimum atomic E-state index is -0.202. The molecule has 0 bridgehead atoms. The third-order valence-corrected chi connectivity index (χ3v) is 2.90.